The number of likely N-dealkylation sites (N-methyl/N-ethyl adjacent to an activating group) is 1. The van der Waals surface area contributed by atoms with Crippen LogP contribution in [0.1, 0.15) is 45.4 Å². The van der Waals surface area contributed by atoms with Gasteiger partial charge >= 0.3 is 0 Å². The fourth-order valence-corrected chi connectivity index (χ4v) is 5.43. The molecule has 0 aliphatic heterocycles. The van der Waals surface area contributed by atoms with E-state index in [1.165, 1.54) is 19.3 Å². The van der Waals surface area contributed by atoms with Crippen molar-refractivity contribution < 1.29 is 0 Å². The van der Waals surface area contributed by atoms with E-state index in [1.807, 2.05) is 0 Å². The molecule has 0 aromatic carbocycles. The molecule has 4 aliphatic carbocycles. The van der Waals surface area contributed by atoms with E-state index in [0.717, 1.165) is 36.9 Å². The monoisotopic (exact) mass is 250 g/mol. The van der Waals surface area contributed by atoms with Gasteiger partial charge in [-0.2, -0.15) is 0 Å². The lowest BCUT2D eigenvalue weighted by Gasteiger charge is -2.59. The lowest BCUT2D eigenvalue weighted by Crippen LogP contribution is -2.55. The molecule has 0 saturated heterocycles. The summed E-state index contributed by atoms with van der Waals surface area (Å²) in [6, 6.07) is 0.728. The number of nitrogens with zero attached hydrogens (tertiary/aromatic N) is 1. The molecule has 2 heteroatoms. The number of rotatable bonds is 5. The molecule has 4 fully saturated rings. The van der Waals surface area contributed by atoms with Crippen molar-refractivity contribution in [3.63, 3.8) is 0 Å². The van der Waals surface area contributed by atoms with Crippen LogP contribution in [0.2, 0.25) is 0 Å². The molecule has 2 nitrogen and oxygen atoms in total. The molecule has 0 amide bonds. The first-order valence-corrected chi connectivity index (χ1v) is 7.95. The van der Waals surface area contributed by atoms with Gasteiger partial charge in [0, 0.05) is 19.1 Å². The summed E-state index contributed by atoms with van der Waals surface area (Å²) in [6.07, 6.45) is 9.25. The second-order valence-electron chi connectivity index (χ2n) is 7.76. The minimum Gasteiger partial charge on any atom is -0.312 e. The molecule has 4 aliphatic rings. The van der Waals surface area contributed by atoms with Crippen LogP contribution in [0.15, 0.2) is 0 Å². The van der Waals surface area contributed by atoms with Crippen molar-refractivity contribution in [2.24, 2.45) is 23.2 Å². The van der Waals surface area contributed by atoms with Gasteiger partial charge in [-0.05, 0) is 82.7 Å². The summed E-state index contributed by atoms with van der Waals surface area (Å²) in [5.41, 5.74) is 0.668. The van der Waals surface area contributed by atoms with Gasteiger partial charge in [0.15, 0.2) is 0 Å². The van der Waals surface area contributed by atoms with E-state index in [0.29, 0.717) is 5.41 Å². The molecule has 4 saturated carbocycles. The zero-order chi connectivity index (χ0) is 12.8. The zero-order valence-corrected chi connectivity index (χ0v) is 12.4. The van der Waals surface area contributed by atoms with Crippen molar-refractivity contribution in [1.82, 2.24) is 10.2 Å². The Hall–Kier alpha value is -0.0800. The normalized spacial score (nSPS) is 43.7. The SMILES string of the molecule is CC(NCCN(C)C)C12CC3CC(CC(C3)C1)C2. The Morgan fingerprint density at radius 3 is 2.00 bits per heavy atom. The van der Waals surface area contributed by atoms with Crippen LogP contribution in [0.5, 0.6) is 0 Å². The molecule has 0 heterocycles. The molecule has 0 spiro atoms. The second-order valence-corrected chi connectivity index (χ2v) is 7.76. The molecule has 0 aromatic rings. The maximum absolute atomic E-state index is 3.83. The van der Waals surface area contributed by atoms with E-state index in [9.17, 15) is 0 Å². The molecular formula is C16H30N2. The lowest BCUT2D eigenvalue weighted by molar-refractivity contribution is -0.0704. The molecule has 1 unspecified atom stereocenters. The van der Waals surface area contributed by atoms with Gasteiger partial charge in [-0.25, -0.2) is 0 Å². The van der Waals surface area contributed by atoms with Crippen molar-refractivity contribution in [1.29, 1.82) is 0 Å². The van der Waals surface area contributed by atoms with E-state index in [-0.39, 0.29) is 0 Å². The Morgan fingerprint density at radius 1 is 1.06 bits per heavy atom. The van der Waals surface area contributed by atoms with E-state index in [4.69, 9.17) is 0 Å². The van der Waals surface area contributed by atoms with E-state index >= 15 is 0 Å². The first kappa shape index (κ1) is 12.9. The van der Waals surface area contributed by atoms with E-state index < -0.39 is 0 Å². The van der Waals surface area contributed by atoms with Crippen molar-refractivity contribution in [2.45, 2.75) is 51.5 Å². The van der Waals surface area contributed by atoms with Crippen LogP contribution in [0.3, 0.4) is 0 Å². The van der Waals surface area contributed by atoms with Crippen molar-refractivity contribution in [3.05, 3.63) is 0 Å². The molecule has 0 aromatic heterocycles. The topological polar surface area (TPSA) is 15.3 Å². The van der Waals surface area contributed by atoms with Crippen LogP contribution in [0, 0.1) is 23.2 Å². The molecule has 4 bridgehead atoms. The Kier molecular flexibility index (Phi) is 3.44. The second kappa shape index (κ2) is 4.79. The molecule has 4 rings (SSSR count). The molecule has 104 valence electrons. The third-order valence-corrected chi connectivity index (χ3v) is 6.01. The maximum Gasteiger partial charge on any atom is 0.0101 e. The standard InChI is InChI=1S/C16H30N2/c1-12(17-4-5-18(2)3)16-9-13-6-14(10-16)8-15(7-13)11-16/h12-15,17H,4-11H2,1-3H3. The summed E-state index contributed by atoms with van der Waals surface area (Å²) in [5.74, 6) is 3.23. The molecule has 0 radical (unpaired) electrons. The predicted octanol–water partition coefficient (Wildman–Crippen LogP) is 2.74. The summed E-state index contributed by atoms with van der Waals surface area (Å²) >= 11 is 0. The highest BCUT2D eigenvalue weighted by atomic mass is 15.1. The number of hydrogen-bond donors (Lipinski definition) is 1. The fraction of sp³-hybridized carbons (Fsp3) is 1.00. The van der Waals surface area contributed by atoms with Crippen molar-refractivity contribution >= 4 is 0 Å². The number of hydrogen-bond acceptors (Lipinski definition) is 2. The quantitative estimate of drug-likeness (QED) is 0.807. The van der Waals surface area contributed by atoms with Crippen LogP contribution >= 0.6 is 0 Å². The first-order chi connectivity index (χ1) is 8.57. The predicted molar refractivity (Wildman–Crippen MR) is 76.6 cm³/mol. The first-order valence-electron chi connectivity index (χ1n) is 7.95. The maximum atomic E-state index is 3.83. The van der Waals surface area contributed by atoms with Gasteiger partial charge in [-0.3, -0.25) is 0 Å². The summed E-state index contributed by atoms with van der Waals surface area (Å²) in [6.45, 7) is 4.77. The van der Waals surface area contributed by atoms with Crippen LogP contribution in [-0.2, 0) is 0 Å². The van der Waals surface area contributed by atoms with Crippen molar-refractivity contribution in [2.75, 3.05) is 27.2 Å². The highest BCUT2D eigenvalue weighted by Crippen LogP contribution is 2.61. The minimum absolute atomic E-state index is 0.668. The molecule has 1 atom stereocenters. The Morgan fingerprint density at radius 2 is 1.56 bits per heavy atom. The van der Waals surface area contributed by atoms with E-state index in [1.54, 1.807) is 19.3 Å². The fourth-order valence-electron chi connectivity index (χ4n) is 5.43. The van der Waals surface area contributed by atoms with Gasteiger partial charge in [0.05, 0.1) is 0 Å². The van der Waals surface area contributed by atoms with Gasteiger partial charge < -0.3 is 10.2 Å². The highest BCUT2D eigenvalue weighted by molar-refractivity contribution is 5.05. The highest BCUT2D eigenvalue weighted by Gasteiger charge is 2.52. The zero-order valence-electron chi connectivity index (χ0n) is 12.4. The van der Waals surface area contributed by atoms with E-state index in [2.05, 4.69) is 31.2 Å². The summed E-state index contributed by atoms with van der Waals surface area (Å²) in [7, 11) is 4.33. The Balaban J connectivity index is 1.60. The Labute approximate surface area is 113 Å². The smallest absolute Gasteiger partial charge is 0.0101 e. The Bertz CT molecular complexity index is 262. The molecule has 18 heavy (non-hydrogen) atoms. The molecular weight excluding hydrogens is 220 g/mol. The third kappa shape index (κ3) is 2.34. The average Bonchev–Trinajstić information content (AvgIpc) is 2.26. The van der Waals surface area contributed by atoms with Crippen LogP contribution in [-0.4, -0.2) is 38.1 Å². The summed E-state index contributed by atoms with van der Waals surface area (Å²) in [4.78, 5) is 2.28. The minimum atomic E-state index is 0.668. The van der Waals surface area contributed by atoms with Gasteiger partial charge in [0.1, 0.15) is 0 Å². The van der Waals surface area contributed by atoms with Gasteiger partial charge in [-0.15, -0.1) is 0 Å². The van der Waals surface area contributed by atoms with Crippen molar-refractivity contribution in [3.8, 4) is 0 Å². The lowest BCUT2D eigenvalue weighted by atomic mass is 9.48. The average molecular weight is 250 g/mol. The van der Waals surface area contributed by atoms with Crippen LogP contribution in [0.4, 0.5) is 0 Å². The molecule has 1 N–H and O–H groups in total. The van der Waals surface area contributed by atoms with Gasteiger partial charge in [0.25, 0.3) is 0 Å². The summed E-state index contributed by atoms with van der Waals surface area (Å²) < 4.78 is 0. The van der Waals surface area contributed by atoms with Crippen LogP contribution < -0.4 is 5.32 Å². The number of nitrogens with one attached hydrogen (secondary N) is 1. The van der Waals surface area contributed by atoms with Crippen LogP contribution in [0.25, 0.3) is 0 Å². The van der Waals surface area contributed by atoms with Gasteiger partial charge in [0.2, 0.25) is 0 Å². The summed E-state index contributed by atoms with van der Waals surface area (Å²) in [5, 5.41) is 3.83. The third-order valence-electron chi connectivity index (χ3n) is 6.01. The van der Waals surface area contributed by atoms with Gasteiger partial charge in [-0.1, -0.05) is 0 Å². The largest absolute Gasteiger partial charge is 0.312 e.